The molecular formula is C35H28N4O2. The summed E-state index contributed by atoms with van der Waals surface area (Å²) in [5.41, 5.74) is 8.53. The number of methoxy groups -OCH3 is 1. The number of hydrogen-bond donors (Lipinski definition) is 0. The number of aliphatic imine (C=N–C) groups is 1. The van der Waals surface area contributed by atoms with Crippen LogP contribution in [-0.4, -0.2) is 22.6 Å². The Hall–Kier alpha value is -5.49. The molecule has 6 aromatic rings. The Morgan fingerprint density at radius 3 is 2.07 bits per heavy atom. The summed E-state index contributed by atoms with van der Waals surface area (Å²) in [6, 6.07) is 40.1. The molecular weight excluding hydrogens is 508 g/mol. The minimum atomic E-state index is 0.593. The fourth-order valence-corrected chi connectivity index (χ4v) is 4.78. The van der Waals surface area contributed by atoms with Gasteiger partial charge in [0.25, 0.3) is 0 Å². The second-order valence-electron chi connectivity index (χ2n) is 9.63. The minimum Gasteiger partial charge on any atom is -0.619 e. The van der Waals surface area contributed by atoms with Gasteiger partial charge in [0.2, 0.25) is 0 Å². The summed E-state index contributed by atoms with van der Waals surface area (Å²) in [6.45, 7) is 0.593. The van der Waals surface area contributed by atoms with Crippen molar-refractivity contribution in [1.29, 1.82) is 0 Å². The molecule has 0 unspecified atom stereocenters. The van der Waals surface area contributed by atoms with Crippen molar-refractivity contribution in [2.75, 3.05) is 7.11 Å². The molecule has 0 saturated heterocycles. The van der Waals surface area contributed by atoms with Crippen LogP contribution in [0, 0.1) is 5.21 Å². The van der Waals surface area contributed by atoms with Gasteiger partial charge in [-0.05, 0) is 35.4 Å². The molecule has 2 heterocycles. The molecule has 0 amide bonds. The van der Waals surface area contributed by atoms with Gasteiger partial charge in [-0.2, -0.15) is 9.83 Å². The van der Waals surface area contributed by atoms with Gasteiger partial charge in [-0.1, -0.05) is 84.9 Å². The predicted octanol–water partition coefficient (Wildman–Crippen LogP) is 7.08. The molecule has 0 aliphatic carbocycles. The third-order valence-corrected chi connectivity index (χ3v) is 6.83. The van der Waals surface area contributed by atoms with E-state index in [0.717, 1.165) is 61.0 Å². The molecule has 0 aliphatic rings. The summed E-state index contributed by atoms with van der Waals surface area (Å²) in [7, 11) is 1.66. The third kappa shape index (κ3) is 5.92. The lowest BCUT2D eigenvalue weighted by Crippen LogP contribution is -2.23. The van der Waals surface area contributed by atoms with E-state index >= 15 is 0 Å². The normalized spacial score (nSPS) is 10.8. The lowest BCUT2D eigenvalue weighted by atomic mass is 10.0. The molecule has 4 aromatic carbocycles. The standard InChI is InChI=1S/C35H28N4O2/c1-41-32-17-15-26(16-18-32)24-38-25-33(27-19-21-39(40)22-20-27)35(37-38)30-13-8-14-31(23-30)36-34(28-9-4-2-5-10-28)29-11-6-3-7-12-29/h2-23,25H,24H2,1H3. The Morgan fingerprint density at radius 2 is 1.44 bits per heavy atom. The SMILES string of the molecule is COc1ccc(Cn2cc(-c3cc[n+]([O-])cc3)c(-c3cccc(N=C(c4ccccc4)c4ccccc4)c3)n2)cc1. The monoisotopic (exact) mass is 536 g/mol. The highest BCUT2D eigenvalue weighted by Gasteiger charge is 2.16. The van der Waals surface area contributed by atoms with E-state index in [1.165, 1.54) is 12.4 Å². The van der Waals surface area contributed by atoms with Crippen LogP contribution in [0.5, 0.6) is 5.75 Å². The number of pyridine rings is 1. The average molecular weight is 537 g/mol. The van der Waals surface area contributed by atoms with E-state index in [2.05, 4.69) is 30.3 Å². The van der Waals surface area contributed by atoms with Crippen LogP contribution in [-0.2, 0) is 6.54 Å². The van der Waals surface area contributed by atoms with Crippen LogP contribution >= 0.6 is 0 Å². The Balaban J connectivity index is 1.42. The molecule has 0 saturated carbocycles. The average Bonchev–Trinajstić information content (AvgIpc) is 3.45. The highest BCUT2D eigenvalue weighted by atomic mass is 16.5. The number of benzene rings is 4. The first-order valence-electron chi connectivity index (χ1n) is 13.4. The molecule has 200 valence electrons. The molecule has 6 rings (SSSR count). The first kappa shape index (κ1) is 25.8. The van der Waals surface area contributed by atoms with Crippen molar-refractivity contribution >= 4 is 11.4 Å². The molecule has 0 N–H and O–H groups in total. The maximum absolute atomic E-state index is 11.8. The van der Waals surface area contributed by atoms with Crippen molar-refractivity contribution in [3.8, 4) is 28.1 Å². The van der Waals surface area contributed by atoms with E-state index < -0.39 is 0 Å². The molecule has 0 atom stereocenters. The molecule has 0 radical (unpaired) electrons. The Bertz CT molecular complexity index is 1740. The Labute approximate surface area is 239 Å². The zero-order chi connectivity index (χ0) is 28.0. The van der Waals surface area contributed by atoms with Crippen molar-refractivity contribution in [3.63, 3.8) is 0 Å². The number of aromatic nitrogens is 3. The maximum atomic E-state index is 11.8. The van der Waals surface area contributed by atoms with E-state index in [4.69, 9.17) is 14.8 Å². The maximum Gasteiger partial charge on any atom is 0.180 e. The highest BCUT2D eigenvalue weighted by Crippen LogP contribution is 2.33. The molecule has 0 spiro atoms. The van der Waals surface area contributed by atoms with Gasteiger partial charge in [0.15, 0.2) is 12.4 Å². The summed E-state index contributed by atoms with van der Waals surface area (Å²) >= 11 is 0. The van der Waals surface area contributed by atoms with Crippen molar-refractivity contribution in [3.05, 3.63) is 162 Å². The van der Waals surface area contributed by atoms with Crippen LogP contribution in [0.2, 0.25) is 0 Å². The summed E-state index contributed by atoms with van der Waals surface area (Å²) in [5.74, 6) is 0.813. The number of ether oxygens (including phenoxy) is 1. The summed E-state index contributed by atoms with van der Waals surface area (Å²) < 4.78 is 8.02. The molecule has 2 aromatic heterocycles. The fourth-order valence-electron chi connectivity index (χ4n) is 4.78. The van der Waals surface area contributed by atoms with E-state index in [0.29, 0.717) is 6.54 Å². The van der Waals surface area contributed by atoms with Gasteiger partial charge in [0.05, 0.1) is 25.1 Å². The van der Waals surface area contributed by atoms with Crippen LogP contribution in [0.25, 0.3) is 22.4 Å². The minimum absolute atomic E-state index is 0.593. The van der Waals surface area contributed by atoms with Crippen LogP contribution in [0.15, 0.2) is 145 Å². The van der Waals surface area contributed by atoms with Crippen molar-refractivity contribution in [2.24, 2.45) is 4.99 Å². The van der Waals surface area contributed by atoms with Crippen molar-refractivity contribution in [2.45, 2.75) is 6.54 Å². The zero-order valence-corrected chi connectivity index (χ0v) is 22.6. The summed E-state index contributed by atoms with van der Waals surface area (Å²) in [5, 5.41) is 16.8. The van der Waals surface area contributed by atoms with Gasteiger partial charge in [0, 0.05) is 40.6 Å². The second kappa shape index (κ2) is 11.7. The van der Waals surface area contributed by atoms with Crippen LogP contribution in [0.3, 0.4) is 0 Å². The number of nitrogens with zero attached hydrogens (tertiary/aromatic N) is 4. The molecule has 6 nitrogen and oxygen atoms in total. The van der Waals surface area contributed by atoms with Crippen molar-refractivity contribution in [1.82, 2.24) is 9.78 Å². The predicted molar refractivity (Wildman–Crippen MR) is 162 cm³/mol. The van der Waals surface area contributed by atoms with E-state index in [1.807, 2.05) is 102 Å². The first-order chi connectivity index (χ1) is 20.2. The quantitative estimate of drug-likeness (QED) is 0.119. The molecule has 41 heavy (non-hydrogen) atoms. The smallest absolute Gasteiger partial charge is 0.180 e. The highest BCUT2D eigenvalue weighted by molar-refractivity contribution is 6.14. The molecule has 0 fully saturated rings. The molecule has 6 heteroatoms. The number of hydrogen-bond acceptors (Lipinski definition) is 4. The lowest BCUT2D eigenvalue weighted by Gasteiger charge is -2.09. The lowest BCUT2D eigenvalue weighted by molar-refractivity contribution is -0.605. The van der Waals surface area contributed by atoms with Crippen LogP contribution in [0.1, 0.15) is 16.7 Å². The second-order valence-corrected chi connectivity index (χ2v) is 9.63. The summed E-state index contributed by atoms with van der Waals surface area (Å²) in [4.78, 5) is 5.12. The van der Waals surface area contributed by atoms with E-state index in [-0.39, 0.29) is 0 Å². The van der Waals surface area contributed by atoms with Gasteiger partial charge in [-0.25, -0.2) is 4.99 Å². The fraction of sp³-hybridized carbons (Fsp3) is 0.0571. The van der Waals surface area contributed by atoms with Crippen LogP contribution in [0.4, 0.5) is 5.69 Å². The number of rotatable bonds is 8. The topological polar surface area (TPSA) is 66.3 Å². The van der Waals surface area contributed by atoms with Crippen LogP contribution < -0.4 is 9.47 Å². The third-order valence-electron chi connectivity index (χ3n) is 6.83. The van der Waals surface area contributed by atoms with Gasteiger partial charge < -0.3 is 9.94 Å². The van der Waals surface area contributed by atoms with E-state index in [9.17, 15) is 5.21 Å². The first-order valence-corrected chi connectivity index (χ1v) is 13.4. The summed E-state index contributed by atoms with van der Waals surface area (Å²) in [6.07, 6.45) is 5.04. The van der Waals surface area contributed by atoms with Gasteiger partial charge >= 0.3 is 0 Å². The Kier molecular flexibility index (Phi) is 7.36. The molecule has 0 bridgehead atoms. The van der Waals surface area contributed by atoms with E-state index in [1.54, 1.807) is 7.11 Å². The van der Waals surface area contributed by atoms with Gasteiger partial charge in [-0.15, -0.1) is 0 Å². The van der Waals surface area contributed by atoms with Gasteiger partial charge in [-0.3, -0.25) is 4.68 Å². The Morgan fingerprint density at radius 1 is 0.780 bits per heavy atom. The zero-order valence-electron chi connectivity index (χ0n) is 22.6. The van der Waals surface area contributed by atoms with Gasteiger partial charge in [0.1, 0.15) is 11.4 Å². The largest absolute Gasteiger partial charge is 0.619 e. The van der Waals surface area contributed by atoms with Crippen molar-refractivity contribution < 1.29 is 9.47 Å². The molecule has 0 aliphatic heterocycles.